The molecule has 0 radical (unpaired) electrons. The van der Waals surface area contributed by atoms with Crippen molar-refractivity contribution < 1.29 is 8.39 Å². The summed E-state index contributed by atoms with van der Waals surface area (Å²) in [5.74, 6) is 0. The lowest BCUT2D eigenvalue weighted by atomic mass is 10.2. The number of hydrogen-bond acceptors (Lipinski definition) is 2. The van der Waals surface area contributed by atoms with Gasteiger partial charge in [-0.15, -0.1) is 0 Å². The first-order valence-electron chi connectivity index (χ1n) is 4.56. The van der Waals surface area contributed by atoms with E-state index in [-0.39, 0.29) is 0 Å². The van der Waals surface area contributed by atoms with Gasteiger partial charge in [-0.2, -0.15) is 0 Å². The van der Waals surface area contributed by atoms with E-state index < -0.39 is 11.3 Å². The van der Waals surface area contributed by atoms with Gasteiger partial charge < -0.3 is 0 Å². The Morgan fingerprint density at radius 1 is 1.17 bits per heavy atom. The maximum absolute atomic E-state index is 11.0. The normalized spacial score (nSPS) is 20.9. The average molecular weight is 193 g/mol. The van der Waals surface area contributed by atoms with E-state index in [9.17, 15) is 4.21 Å². The first-order valence-corrected chi connectivity index (χ1v) is 5.59. The minimum Gasteiger partial charge on any atom is -0.281 e. The molecule has 0 aromatic rings. The highest BCUT2D eigenvalue weighted by Gasteiger charge is 2.15. The molecule has 1 aliphatic rings. The van der Waals surface area contributed by atoms with E-state index in [0.717, 1.165) is 25.9 Å². The van der Waals surface area contributed by atoms with Gasteiger partial charge in [-0.25, -0.2) is 8.51 Å². The first-order chi connectivity index (χ1) is 5.84. The number of nitrogens with zero attached hydrogens (tertiary/aromatic N) is 1. The van der Waals surface area contributed by atoms with Crippen molar-refractivity contribution >= 4 is 11.3 Å². The van der Waals surface area contributed by atoms with E-state index in [0.29, 0.717) is 0 Å². The molecule has 0 aromatic carbocycles. The molecule has 0 bridgehead atoms. The summed E-state index contributed by atoms with van der Waals surface area (Å²) in [5.41, 5.74) is 0. The second-order valence-electron chi connectivity index (χ2n) is 2.37. The zero-order chi connectivity index (χ0) is 9.40. The van der Waals surface area contributed by atoms with Gasteiger partial charge in [-0.05, 0) is 12.8 Å². The van der Waals surface area contributed by atoms with Gasteiger partial charge in [0, 0.05) is 13.1 Å². The van der Waals surface area contributed by atoms with E-state index in [4.69, 9.17) is 0 Å². The minimum absolute atomic E-state index is 0.917. The van der Waals surface area contributed by atoms with Gasteiger partial charge >= 0.3 is 0 Å². The standard InChI is InChI=1S/C6H13NO2S.C2H6/c1-9-10(8)7-5-3-2-4-6-7;1-2/h2-6H2,1H3;1-2H3. The Morgan fingerprint density at radius 2 is 1.67 bits per heavy atom. The third kappa shape index (κ3) is 4.18. The number of hydrogen-bond donors (Lipinski definition) is 0. The summed E-state index contributed by atoms with van der Waals surface area (Å²) >= 11 is -1.18. The van der Waals surface area contributed by atoms with Gasteiger partial charge in [0.15, 0.2) is 0 Å². The molecule has 1 atom stereocenters. The minimum atomic E-state index is -1.18. The molecule has 74 valence electrons. The molecular formula is C8H19NO2S. The van der Waals surface area contributed by atoms with Crippen LogP contribution in [0.25, 0.3) is 0 Å². The van der Waals surface area contributed by atoms with Crippen LogP contribution in [-0.4, -0.2) is 28.7 Å². The molecule has 1 fully saturated rings. The lowest BCUT2D eigenvalue weighted by Crippen LogP contribution is -2.31. The molecule has 4 heteroatoms. The van der Waals surface area contributed by atoms with Crippen molar-refractivity contribution in [1.29, 1.82) is 0 Å². The lowest BCUT2D eigenvalue weighted by molar-refractivity contribution is 0.316. The van der Waals surface area contributed by atoms with Crippen LogP contribution in [0.4, 0.5) is 0 Å². The second-order valence-corrected chi connectivity index (χ2v) is 3.66. The van der Waals surface area contributed by atoms with Crippen LogP contribution < -0.4 is 0 Å². The molecule has 1 aliphatic heterocycles. The van der Waals surface area contributed by atoms with Crippen molar-refractivity contribution in [3.05, 3.63) is 0 Å². The van der Waals surface area contributed by atoms with E-state index >= 15 is 0 Å². The molecule has 1 saturated heterocycles. The average Bonchev–Trinajstić information content (AvgIpc) is 2.21. The van der Waals surface area contributed by atoms with Crippen molar-refractivity contribution in [2.24, 2.45) is 0 Å². The van der Waals surface area contributed by atoms with Gasteiger partial charge in [-0.3, -0.25) is 4.18 Å². The van der Waals surface area contributed by atoms with Gasteiger partial charge in [0.05, 0.1) is 7.11 Å². The van der Waals surface area contributed by atoms with Gasteiger partial charge in [0.25, 0.3) is 0 Å². The molecule has 12 heavy (non-hydrogen) atoms. The Kier molecular flexibility index (Phi) is 7.75. The Balaban J connectivity index is 0.000000561. The molecule has 0 N–H and O–H groups in total. The Morgan fingerprint density at radius 3 is 2.08 bits per heavy atom. The van der Waals surface area contributed by atoms with Crippen LogP contribution in [0.3, 0.4) is 0 Å². The summed E-state index contributed by atoms with van der Waals surface area (Å²) in [6.07, 6.45) is 3.56. The zero-order valence-corrected chi connectivity index (χ0v) is 9.02. The summed E-state index contributed by atoms with van der Waals surface area (Å²) in [6.45, 7) is 5.83. The molecule has 1 unspecified atom stereocenters. The van der Waals surface area contributed by atoms with Crippen molar-refractivity contribution in [3.63, 3.8) is 0 Å². The summed E-state index contributed by atoms with van der Waals surface area (Å²) in [7, 11) is 1.48. The molecule has 0 saturated carbocycles. The van der Waals surface area contributed by atoms with Gasteiger partial charge in [0.2, 0.25) is 11.3 Å². The SMILES string of the molecule is CC.COS(=O)N1CCCCC1. The third-order valence-corrected chi connectivity index (χ3v) is 2.74. The maximum atomic E-state index is 11.0. The quantitative estimate of drug-likeness (QED) is 0.668. The van der Waals surface area contributed by atoms with Gasteiger partial charge in [0.1, 0.15) is 0 Å². The fourth-order valence-electron chi connectivity index (χ4n) is 1.12. The van der Waals surface area contributed by atoms with Crippen LogP contribution in [0, 0.1) is 0 Å². The first kappa shape index (κ1) is 12.1. The smallest absolute Gasteiger partial charge is 0.236 e. The van der Waals surface area contributed by atoms with Crippen molar-refractivity contribution in [3.8, 4) is 0 Å². The molecular weight excluding hydrogens is 174 g/mol. The molecule has 3 nitrogen and oxygen atoms in total. The molecule has 0 aliphatic carbocycles. The van der Waals surface area contributed by atoms with Crippen LogP contribution in [0.15, 0.2) is 0 Å². The van der Waals surface area contributed by atoms with Gasteiger partial charge in [-0.1, -0.05) is 20.3 Å². The Hall–Kier alpha value is 0.0700. The van der Waals surface area contributed by atoms with E-state index in [2.05, 4.69) is 4.18 Å². The Labute approximate surface area is 77.9 Å². The van der Waals surface area contributed by atoms with E-state index in [1.54, 1.807) is 0 Å². The number of rotatable bonds is 2. The van der Waals surface area contributed by atoms with E-state index in [1.165, 1.54) is 13.5 Å². The van der Waals surface area contributed by atoms with Crippen LogP contribution in [0.1, 0.15) is 33.1 Å². The molecule has 1 rings (SSSR count). The van der Waals surface area contributed by atoms with Crippen molar-refractivity contribution in [1.82, 2.24) is 4.31 Å². The van der Waals surface area contributed by atoms with Crippen molar-refractivity contribution in [2.45, 2.75) is 33.1 Å². The van der Waals surface area contributed by atoms with E-state index in [1.807, 2.05) is 18.2 Å². The molecule has 0 amide bonds. The van der Waals surface area contributed by atoms with Crippen LogP contribution in [-0.2, 0) is 15.4 Å². The summed E-state index contributed by atoms with van der Waals surface area (Å²) in [5, 5.41) is 0. The summed E-state index contributed by atoms with van der Waals surface area (Å²) in [4.78, 5) is 0. The van der Waals surface area contributed by atoms with Crippen LogP contribution in [0.5, 0.6) is 0 Å². The Bertz CT molecular complexity index is 124. The highest BCUT2D eigenvalue weighted by molar-refractivity contribution is 7.77. The fraction of sp³-hybridized carbons (Fsp3) is 1.00. The topological polar surface area (TPSA) is 29.5 Å². The third-order valence-electron chi connectivity index (χ3n) is 1.67. The van der Waals surface area contributed by atoms with Crippen LogP contribution >= 0.6 is 0 Å². The summed E-state index contributed by atoms with van der Waals surface area (Å²) < 4.78 is 17.5. The monoisotopic (exact) mass is 193 g/mol. The highest BCUT2D eigenvalue weighted by atomic mass is 32.2. The highest BCUT2D eigenvalue weighted by Crippen LogP contribution is 2.10. The van der Waals surface area contributed by atoms with Crippen molar-refractivity contribution in [2.75, 3.05) is 20.2 Å². The second kappa shape index (κ2) is 7.71. The predicted molar refractivity (Wildman–Crippen MR) is 51.9 cm³/mol. The number of piperidine rings is 1. The summed E-state index contributed by atoms with van der Waals surface area (Å²) in [6, 6.07) is 0. The zero-order valence-electron chi connectivity index (χ0n) is 8.21. The molecule has 1 heterocycles. The van der Waals surface area contributed by atoms with Crippen LogP contribution in [0.2, 0.25) is 0 Å². The molecule has 0 spiro atoms. The lowest BCUT2D eigenvalue weighted by Gasteiger charge is -2.22. The fourth-order valence-corrected chi connectivity index (χ4v) is 1.89. The molecule has 0 aromatic heterocycles. The largest absolute Gasteiger partial charge is 0.281 e. The maximum Gasteiger partial charge on any atom is 0.236 e. The predicted octanol–water partition coefficient (Wildman–Crippen LogP) is 1.72.